The van der Waals surface area contributed by atoms with E-state index in [4.69, 9.17) is 5.11 Å². The largest absolute Gasteiger partial charge is 0.492 e. The number of fused-ring (bicyclic) bond motifs is 1. The van der Waals surface area contributed by atoms with Crippen LogP contribution in [0.25, 0.3) is 4.96 Å². The predicted octanol–water partition coefficient (Wildman–Crippen LogP) is 1.33. The molecule has 3 aromatic rings. The molecule has 0 aliphatic carbocycles. The molecule has 7 nitrogen and oxygen atoms in total. The van der Waals surface area contributed by atoms with Gasteiger partial charge in [0.1, 0.15) is 12.1 Å². The van der Waals surface area contributed by atoms with Crippen LogP contribution in [0.1, 0.15) is 16.5 Å². The van der Waals surface area contributed by atoms with Crippen LogP contribution >= 0.6 is 11.3 Å². The summed E-state index contributed by atoms with van der Waals surface area (Å²) in [5, 5.41) is 23.8. The van der Waals surface area contributed by atoms with Crippen molar-refractivity contribution in [3.63, 3.8) is 0 Å². The molecular weight excluding hydrogens is 357 g/mol. The molecule has 2 N–H and O–H groups in total. The van der Waals surface area contributed by atoms with Crippen molar-refractivity contribution >= 4 is 16.3 Å². The number of hydrogen-bond donors (Lipinski definition) is 2. The number of nitrogens with zero attached hydrogens (tertiary/aromatic N) is 5. The van der Waals surface area contributed by atoms with Gasteiger partial charge in [0.15, 0.2) is 0 Å². The van der Waals surface area contributed by atoms with E-state index in [0.717, 1.165) is 31.7 Å². The predicted molar refractivity (Wildman–Crippen MR) is 95.9 cm³/mol. The number of thiazole rings is 1. The first-order valence-electron chi connectivity index (χ1n) is 8.51. The number of hydrogen-bond acceptors (Lipinski definition) is 7. The van der Waals surface area contributed by atoms with E-state index in [-0.39, 0.29) is 24.3 Å². The third-order valence-electron chi connectivity index (χ3n) is 4.74. The summed E-state index contributed by atoms with van der Waals surface area (Å²) in [4.78, 5) is 9.90. The average Bonchev–Trinajstić information content (AvgIpc) is 3.21. The molecule has 0 spiro atoms. The van der Waals surface area contributed by atoms with Crippen molar-refractivity contribution in [2.75, 3.05) is 39.3 Å². The molecule has 4 rings (SSSR count). The van der Waals surface area contributed by atoms with E-state index in [1.807, 2.05) is 6.07 Å². The minimum Gasteiger partial charge on any atom is -0.492 e. The van der Waals surface area contributed by atoms with Crippen LogP contribution in [0.5, 0.6) is 5.88 Å². The zero-order valence-electron chi connectivity index (χ0n) is 14.1. The zero-order chi connectivity index (χ0) is 18.1. The van der Waals surface area contributed by atoms with E-state index in [1.54, 1.807) is 6.07 Å². The first-order chi connectivity index (χ1) is 12.7. The Hall–Kier alpha value is -2.07. The van der Waals surface area contributed by atoms with Crippen LogP contribution < -0.4 is 0 Å². The number of aliphatic hydroxyl groups is 1. The van der Waals surface area contributed by atoms with Crippen LogP contribution in [0.2, 0.25) is 0 Å². The second-order valence-electron chi connectivity index (χ2n) is 6.30. The summed E-state index contributed by atoms with van der Waals surface area (Å²) in [6.45, 7) is 3.94. The minimum absolute atomic E-state index is 0.0505. The van der Waals surface area contributed by atoms with Gasteiger partial charge in [-0.1, -0.05) is 23.5 Å². The summed E-state index contributed by atoms with van der Waals surface area (Å²) >= 11 is 1.37. The number of benzene rings is 1. The van der Waals surface area contributed by atoms with Crippen LogP contribution in [0.3, 0.4) is 0 Å². The molecule has 0 radical (unpaired) electrons. The topological polar surface area (TPSA) is 77.1 Å². The van der Waals surface area contributed by atoms with Crippen LogP contribution in [-0.2, 0) is 0 Å². The molecule has 0 saturated carbocycles. The molecule has 9 heteroatoms. The van der Waals surface area contributed by atoms with Crippen molar-refractivity contribution in [3.05, 3.63) is 46.9 Å². The van der Waals surface area contributed by atoms with Gasteiger partial charge in [0, 0.05) is 32.7 Å². The summed E-state index contributed by atoms with van der Waals surface area (Å²) in [7, 11) is 0. The number of aromatic hydroxyl groups is 1. The van der Waals surface area contributed by atoms with Gasteiger partial charge < -0.3 is 10.2 Å². The Bertz CT molecular complexity index is 890. The molecule has 0 unspecified atom stereocenters. The monoisotopic (exact) mass is 377 g/mol. The highest BCUT2D eigenvalue weighted by atomic mass is 32.1. The normalized spacial score (nSPS) is 17.8. The van der Waals surface area contributed by atoms with Crippen molar-refractivity contribution in [1.82, 2.24) is 24.4 Å². The fourth-order valence-corrected chi connectivity index (χ4v) is 4.55. The highest BCUT2D eigenvalue weighted by Crippen LogP contribution is 2.40. The summed E-state index contributed by atoms with van der Waals surface area (Å²) in [6, 6.07) is 6.23. The maximum Gasteiger partial charge on any atom is 0.230 e. The van der Waals surface area contributed by atoms with Gasteiger partial charge >= 0.3 is 0 Å². The van der Waals surface area contributed by atoms with Gasteiger partial charge in [-0.15, -0.1) is 0 Å². The first kappa shape index (κ1) is 17.3. The summed E-state index contributed by atoms with van der Waals surface area (Å²) in [5.74, 6) is -0.250. The van der Waals surface area contributed by atoms with Gasteiger partial charge in [-0.05, 0) is 17.7 Å². The molecule has 0 bridgehead atoms. The third-order valence-corrected chi connectivity index (χ3v) is 5.83. The van der Waals surface area contributed by atoms with Gasteiger partial charge in [0.25, 0.3) is 0 Å². The highest BCUT2D eigenvalue weighted by molar-refractivity contribution is 7.17. The smallest absolute Gasteiger partial charge is 0.230 e. The van der Waals surface area contributed by atoms with Crippen LogP contribution in [-0.4, -0.2) is 73.9 Å². The van der Waals surface area contributed by atoms with Crippen molar-refractivity contribution in [3.8, 4) is 5.88 Å². The molecule has 0 amide bonds. The molecule has 1 aliphatic rings. The van der Waals surface area contributed by atoms with E-state index < -0.39 is 0 Å². The Morgan fingerprint density at radius 2 is 2.04 bits per heavy atom. The zero-order valence-corrected chi connectivity index (χ0v) is 14.9. The maximum absolute atomic E-state index is 13.9. The number of rotatable bonds is 5. The molecular formula is C17H20FN5O2S. The van der Waals surface area contributed by atoms with Crippen LogP contribution in [0.15, 0.2) is 30.6 Å². The van der Waals surface area contributed by atoms with Gasteiger partial charge in [0.2, 0.25) is 10.8 Å². The second-order valence-corrected chi connectivity index (χ2v) is 7.31. The fourth-order valence-electron chi connectivity index (χ4n) is 3.46. The molecule has 1 aliphatic heterocycles. The molecule has 1 aromatic carbocycles. The lowest BCUT2D eigenvalue weighted by molar-refractivity contribution is 0.0944. The Kier molecular flexibility index (Phi) is 4.86. The molecule has 3 heterocycles. The molecule has 138 valence electrons. The quantitative estimate of drug-likeness (QED) is 0.699. The Labute approximate surface area is 153 Å². The Balaban J connectivity index is 1.71. The van der Waals surface area contributed by atoms with Crippen molar-refractivity contribution < 1.29 is 14.6 Å². The van der Waals surface area contributed by atoms with E-state index in [0.29, 0.717) is 16.4 Å². The molecule has 2 aromatic heterocycles. The van der Waals surface area contributed by atoms with Gasteiger partial charge in [-0.3, -0.25) is 9.80 Å². The standard InChI is InChI=1S/C17H20FN5O2S/c18-13-3-1-2-12(10-13)14(22-6-4-21(5-7-22)8-9-24)15-16(25)23-17(26-15)19-11-20-23/h1-3,10-11,14,24-25H,4-9H2/t14-/m1/s1. The van der Waals surface area contributed by atoms with E-state index in [2.05, 4.69) is 19.9 Å². The highest BCUT2D eigenvalue weighted by Gasteiger charge is 2.31. The van der Waals surface area contributed by atoms with Gasteiger partial charge in [-0.25, -0.2) is 9.37 Å². The SMILES string of the molecule is OCCN1CCN([C@H](c2cccc(F)c2)c2sc3ncnn3c2O)CC1. The minimum atomic E-state index is -0.301. The second kappa shape index (κ2) is 7.28. The van der Waals surface area contributed by atoms with E-state index >= 15 is 0 Å². The van der Waals surface area contributed by atoms with Gasteiger partial charge in [-0.2, -0.15) is 9.61 Å². The molecule has 1 fully saturated rings. The number of aliphatic hydroxyl groups excluding tert-OH is 1. The Morgan fingerprint density at radius 1 is 1.23 bits per heavy atom. The lowest BCUT2D eigenvalue weighted by atomic mass is 10.0. The number of β-amino-alcohol motifs (C(OH)–C–C–N with tert-alkyl or cyclic N) is 1. The Morgan fingerprint density at radius 3 is 2.73 bits per heavy atom. The summed E-state index contributed by atoms with van der Waals surface area (Å²) in [6.07, 6.45) is 1.40. The number of piperazine rings is 1. The third kappa shape index (κ3) is 3.18. The fraction of sp³-hybridized carbons (Fsp3) is 0.412. The first-order valence-corrected chi connectivity index (χ1v) is 9.33. The lowest BCUT2D eigenvalue weighted by Crippen LogP contribution is -2.48. The van der Waals surface area contributed by atoms with E-state index in [1.165, 1.54) is 34.3 Å². The number of aromatic nitrogens is 3. The average molecular weight is 377 g/mol. The molecule has 26 heavy (non-hydrogen) atoms. The van der Waals surface area contributed by atoms with Crippen molar-refractivity contribution in [1.29, 1.82) is 0 Å². The summed E-state index contributed by atoms with van der Waals surface area (Å²) < 4.78 is 15.3. The van der Waals surface area contributed by atoms with E-state index in [9.17, 15) is 9.50 Å². The maximum atomic E-state index is 13.9. The summed E-state index contributed by atoms with van der Waals surface area (Å²) in [5.41, 5.74) is 0.792. The molecule has 1 saturated heterocycles. The number of halogens is 1. The van der Waals surface area contributed by atoms with Crippen LogP contribution in [0.4, 0.5) is 4.39 Å². The molecule has 1 atom stereocenters. The van der Waals surface area contributed by atoms with Crippen molar-refractivity contribution in [2.45, 2.75) is 6.04 Å². The lowest BCUT2D eigenvalue weighted by Gasteiger charge is -2.39. The van der Waals surface area contributed by atoms with Gasteiger partial charge in [0.05, 0.1) is 17.5 Å². The van der Waals surface area contributed by atoms with Crippen LogP contribution in [0, 0.1) is 5.82 Å². The van der Waals surface area contributed by atoms with Crippen molar-refractivity contribution in [2.24, 2.45) is 0 Å².